The Bertz CT molecular complexity index is 1190. The molecule has 31 heavy (non-hydrogen) atoms. The first-order valence-corrected chi connectivity index (χ1v) is 9.93. The smallest absolute Gasteiger partial charge is 0.282 e. The Morgan fingerprint density at radius 2 is 1.94 bits per heavy atom. The topological polar surface area (TPSA) is 83.1 Å². The van der Waals surface area contributed by atoms with Gasteiger partial charge in [0.1, 0.15) is 0 Å². The van der Waals surface area contributed by atoms with E-state index in [0.29, 0.717) is 40.5 Å². The fourth-order valence-corrected chi connectivity index (χ4v) is 3.58. The number of aryl methyl sites for hydroxylation is 1. The molecule has 2 aromatic carbocycles. The van der Waals surface area contributed by atoms with Crippen LogP contribution in [0.15, 0.2) is 40.1 Å². The minimum absolute atomic E-state index is 0.308. The van der Waals surface area contributed by atoms with Gasteiger partial charge in [-0.3, -0.25) is 9.79 Å². The zero-order valence-corrected chi connectivity index (χ0v) is 19.1. The largest absolute Gasteiger partial charge is 0.493 e. The van der Waals surface area contributed by atoms with Crippen molar-refractivity contribution in [2.45, 2.75) is 20.4 Å². The van der Waals surface area contributed by atoms with Crippen molar-refractivity contribution in [1.29, 1.82) is 0 Å². The van der Waals surface area contributed by atoms with Gasteiger partial charge < -0.3 is 24.3 Å². The van der Waals surface area contributed by atoms with Crippen LogP contribution in [-0.4, -0.2) is 51.2 Å². The number of hydrogen-bond acceptors (Lipinski definition) is 6. The Balaban J connectivity index is 1.97. The summed E-state index contributed by atoms with van der Waals surface area (Å²) in [4.78, 5) is 28.5. The van der Waals surface area contributed by atoms with Crippen molar-refractivity contribution in [1.82, 2.24) is 9.97 Å². The molecule has 1 aromatic heterocycles. The average molecular weight is 424 g/mol. The number of anilines is 2. The Morgan fingerprint density at radius 3 is 2.58 bits per heavy atom. The first kappa shape index (κ1) is 22.1. The molecule has 0 saturated carbocycles. The molecule has 0 saturated heterocycles. The van der Waals surface area contributed by atoms with Crippen molar-refractivity contribution in [3.8, 4) is 11.5 Å². The number of aromatic amines is 1. The minimum Gasteiger partial charge on any atom is -0.493 e. The lowest BCUT2D eigenvalue weighted by molar-refractivity contribution is 0.354. The van der Waals surface area contributed by atoms with Gasteiger partial charge in [0, 0.05) is 45.0 Å². The number of ether oxygens (including phenoxy) is 2. The number of H-pyrrole nitrogens is 1. The monoisotopic (exact) mass is 423 g/mol. The van der Waals surface area contributed by atoms with E-state index in [0.717, 1.165) is 17.1 Å². The van der Waals surface area contributed by atoms with Gasteiger partial charge in [0.15, 0.2) is 11.5 Å². The normalized spacial score (nSPS) is 11.5. The van der Waals surface area contributed by atoms with Crippen LogP contribution in [0.2, 0.25) is 0 Å². The van der Waals surface area contributed by atoms with Gasteiger partial charge in [-0.1, -0.05) is 12.1 Å². The molecule has 0 fully saturated rings. The molecular weight excluding hydrogens is 394 g/mol. The van der Waals surface area contributed by atoms with Crippen LogP contribution in [0.1, 0.15) is 18.1 Å². The van der Waals surface area contributed by atoms with E-state index in [1.54, 1.807) is 27.3 Å². The molecule has 0 spiro atoms. The van der Waals surface area contributed by atoms with Gasteiger partial charge in [-0.05, 0) is 31.5 Å². The molecule has 3 rings (SSSR count). The fraction of sp³-hybridized carbons (Fsp3) is 0.348. The number of aromatic nitrogens is 2. The summed E-state index contributed by atoms with van der Waals surface area (Å²) in [7, 11) is 8.78. The van der Waals surface area contributed by atoms with Crippen LogP contribution in [0.4, 0.5) is 11.6 Å². The standard InChI is InChI=1S/C23H29N5O3/c1-14-20-18(12-19(30-6)21(14)31-7)25-23(26-22(20)29)27(4)13-16-9-8-10-17(11-16)28(5)15(2)24-3/h8-12H,13H2,1-7H3,(H,25,26,29). The molecule has 0 radical (unpaired) electrons. The summed E-state index contributed by atoms with van der Waals surface area (Å²) in [6.07, 6.45) is 0. The number of nitrogens with one attached hydrogen (secondary N) is 1. The Hall–Kier alpha value is -3.55. The maximum absolute atomic E-state index is 12.8. The van der Waals surface area contributed by atoms with Gasteiger partial charge >= 0.3 is 0 Å². The Kier molecular flexibility index (Phi) is 6.48. The summed E-state index contributed by atoms with van der Waals surface area (Å²) in [6.45, 7) is 4.37. The second-order valence-electron chi connectivity index (χ2n) is 7.38. The molecule has 0 atom stereocenters. The van der Waals surface area contributed by atoms with Crippen molar-refractivity contribution in [2.75, 3.05) is 45.2 Å². The van der Waals surface area contributed by atoms with E-state index in [1.807, 2.05) is 55.9 Å². The summed E-state index contributed by atoms with van der Waals surface area (Å²) in [6, 6.07) is 9.96. The van der Waals surface area contributed by atoms with Gasteiger partial charge in [-0.25, -0.2) is 0 Å². The third kappa shape index (κ3) is 4.33. The predicted molar refractivity (Wildman–Crippen MR) is 126 cm³/mol. The molecule has 0 bridgehead atoms. The van der Waals surface area contributed by atoms with Crippen molar-refractivity contribution in [3.63, 3.8) is 0 Å². The second kappa shape index (κ2) is 9.07. The molecule has 1 N–H and O–H groups in total. The zero-order valence-electron chi connectivity index (χ0n) is 19.1. The van der Waals surface area contributed by atoms with Crippen molar-refractivity contribution in [2.24, 2.45) is 4.99 Å². The molecule has 164 valence electrons. The highest BCUT2D eigenvalue weighted by molar-refractivity contribution is 5.95. The maximum atomic E-state index is 12.8. The number of benzene rings is 2. The molecule has 0 amide bonds. The Morgan fingerprint density at radius 1 is 1.19 bits per heavy atom. The molecule has 0 unspecified atom stereocenters. The van der Waals surface area contributed by atoms with Crippen molar-refractivity contribution < 1.29 is 9.47 Å². The van der Waals surface area contributed by atoms with Crippen LogP contribution in [0.3, 0.4) is 0 Å². The lowest BCUT2D eigenvalue weighted by Crippen LogP contribution is -2.25. The third-order valence-electron chi connectivity index (χ3n) is 5.46. The SMILES string of the molecule is CN=C(C)N(C)c1cccc(CN(C)c2nc(=O)c3c(C)c(OC)c(OC)cc3[nH]2)c1. The molecule has 3 aromatic rings. The number of nitrogens with zero attached hydrogens (tertiary/aromatic N) is 4. The first-order valence-electron chi connectivity index (χ1n) is 9.93. The average Bonchev–Trinajstić information content (AvgIpc) is 2.77. The maximum Gasteiger partial charge on any atom is 0.282 e. The summed E-state index contributed by atoms with van der Waals surface area (Å²) < 4.78 is 10.8. The van der Waals surface area contributed by atoms with Gasteiger partial charge in [-0.15, -0.1) is 0 Å². The van der Waals surface area contributed by atoms with E-state index in [2.05, 4.69) is 21.0 Å². The van der Waals surface area contributed by atoms with Crippen LogP contribution in [0.25, 0.3) is 10.9 Å². The lowest BCUT2D eigenvalue weighted by atomic mass is 10.1. The number of methoxy groups -OCH3 is 2. The van der Waals surface area contributed by atoms with Crippen LogP contribution < -0.4 is 24.8 Å². The fourth-order valence-electron chi connectivity index (χ4n) is 3.58. The minimum atomic E-state index is -0.308. The van der Waals surface area contributed by atoms with Crippen molar-refractivity contribution >= 4 is 28.4 Å². The summed E-state index contributed by atoms with van der Waals surface area (Å²) in [5.41, 5.74) is 3.17. The first-order chi connectivity index (χ1) is 14.8. The highest BCUT2D eigenvalue weighted by Crippen LogP contribution is 2.35. The van der Waals surface area contributed by atoms with Crippen LogP contribution in [-0.2, 0) is 6.54 Å². The highest BCUT2D eigenvalue weighted by atomic mass is 16.5. The quantitative estimate of drug-likeness (QED) is 0.484. The van der Waals surface area contributed by atoms with E-state index in [9.17, 15) is 4.79 Å². The third-order valence-corrected chi connectivity index (χ3v) is 5.46. The molecule has 0 aliphatic heterocycles. The van der Waals surface area contributed by atoms with Crippen LogP contribution in [0, 0.1) is 6.92 Å². The van der Waals surface area contributed by atoms with Crippen LogP contribution in [0.5, 0.6) is 11.5 Å². The number of aliphatic imine (C=N–C) groups is 1. The summed E-state index contributed by atoms with van der Waals surface area (Å²) >= 11 is 0. The van der Waals surface area contributed by atoms with Gasteiger partial charge in [0.05, 0.1) is 31.0 Å². The summed E-state index contributed by atoms with van der Waals surface area (Å²) in [5.74, 6) is 2.50. The van der Waals surface area contributed by atoms with Gasteiger partial charge in [-0.2, -0.15) is 4.98 Å². The van der Waals surface area contributed by atoms with Gasteiger partial charge in [0.2, 0.25) is 5.95 Å². The van der Waals surface area contributed by atoms with Crippen molar-refractivity contribution in [3.05, 3.63) is 51.8 Å². The molecule has 0 aliphatic rings. The highest BCUT2D eigenvalue weighted by Gasteiger charge is 2.17. The number of amidine groups is 1. The molecule has 8 heteroatoms. The molecule has 8 nitrogen and oxygen atoms in total. The van der Waals surface area contributed by atoms with E-state index in [-0.39, 0.29) is 5.56 Å². The van der Waals surface area contributed by atoms with E-state index in [4.69, 9.17) is 9.47 Å². The van der Waals surface area contributed by atoms with Gasteiger partial charge in [0.25, 0.3) is 5.56 Å². The molecule has 0 aliphatic carbocycles. The van der Waals surface area contributed by atoms with Crippen LogP contribution >= 0.6 is 0 Å². The van der Waals surface area contributed by atoms with E-state index >= 15 is 0 Å². The van der Waals surface area contributed by atoms with E-state index < -0.39 is 0 Å². The second-order valence-corrected chi connectivity index (χ2v) is 7.38. The molecule has 1 heterocycles. The Labute approximate surface area is 182 Å². The number of rotatable bonds is 6. The number of fused-ring (bicyclic) bond motifs is 1. The lowest BCUT2D eigenvalue weighted by Gasteiger charge is -2.22. The number of hydrogen-bond donors (Lipinski definition) is 1. The summed E-state index contributed by atoms with van der Waals surface area (Å²) in [5, 5.41) is 0.493. The molecular formula is C23H29N5O3. The predicted octanol–water partition coefficient (Wildman–Crippen LogP) is 3.37. The van der Waals surface area contributed by atoms with E-state index in [1.165, 1.54) is 0 Å². The zero-order chi connectivity index (χ0) is 22.7.